The van der Waals surface area contributed by atoms with Crippen molar-refractivity contribution in [2.75, 3.05) is 10.7 Å². The Labute approximate surface area is 110 Å². The van der Waals surface area contributed by atoms with Gasteiger partial charge in [0.1, 0.15) is 5.82 Å². The molecule has 4 N–H and O–H groups in total. The second kappa shape index (κ2) is 5.66. The number of nitrogens with one attached hydrogen (secondary N) is 2. The number of nitrogens with two attached hydrogens (primary N) is 1. The molecule has 0 fully saturated rings. The van der Waals surface area contributed by atoms with Crippen molar-refractivity contribution < 1.29 is 0 Å². The number of rotatable bonds is 4. The molecule has 0 aliphatic carbocycles. The molecule has 0 unspecified atom stereocenters. The summed E-state index contributed by atoms with van der Waals surface area (Å²) in [6, 6.07) is 9.14. The van der Waals surface area contributed by atoms with Crippen molar-refractivity contribution in [1.82, 2.24) is 9.97 Å². The van der Waals surface area contributed by atoms with E-state index in [2.05, 4.69) is 20.7 Å². The lowest BCUT2D eigenvalue weighted by molar-refractivity contribution is 1.00. The van der Waals surface area contributed by atoms with Gasteiger partial charge in [-0.05, 0) is 30.7 Å². The molecule has 94 valence electrons. The van der Waals surface area contributed by atoms with Gasteiger partial charge in [0.15, 0.2) is 0 Å². The normalized spacial score (nSPS) is 10.2. The average Bonchev–Trinajstić information content (AvgIpc) is 2.41. The summed E-state index contributed by atoms with van der Waals surface area (Å²) in [5, 5.41) is 3.79. The van der Waals surface area contributed by atoms with Gasteiger partial charge in [-0.15, -0.1) is 0 Å². The molecule has 1 aromatic heterocycles. The Hall–Kier alpha value is -1.85. The van der Waals surface area contributed by atoms with E-state index in [0.717, 1.165) is 17.8 Å². The second-order valence-corrected chi connectivity index (χ2v) is 4.13. The van der Waals surface area contributed by atoms with Crippen LogP contribution in [0.4, 0.5) is 17.5 Å². The van der Waals surface area contributed by atoms with Gasteiger partial charge in [0.2, 0.25) is 5.95 Å². The van der Waals surface area contributed by atoms with Crippen molar-refractivity contribution >= 4 is 29.1 Å². The number of anilines is 3. The summed E-state index contributed by atoms with van der Waals surface area (Å²) in [4.78, 5) is 8.59. The molecule has 2 rings (SSSR count). The van der Waals surface area contributed by atoms with Crippen molar-refractivity contribution in [1.29, 1.82) is 0 Å². The molecule has 0 radical (unpaired) electrons. The molecule has 0 aliphatic heterocycles. The van der Waals surface area contributed by atoms with Gasteiger partial charge in [0.05, 0.1) is 0 Å². The van der Waals surface area contributed by atoms with Crippen molar-refractivity contribution in [3.8, 4) is 0 Å². The summed E-state index contributed by atoms with van der Waals surface area (Å²) in [6.07, 6.45) is 0.812. The van der Waals surface area contributed by atoms with Crippen LogP contribution < -0.4 is 16.6 Å². The lowest BCUT2D eigenvalue weighted by atomic mass is 10.3. The third kappa shape index (κ3) is 3.09. The fourth-order valence-electron chi connectivity index (χ4n) is 1.47. The number of hydrogen-bond acceptors (Lipinski definition) is 5. The van der Waals surface area contributed by atoms with Crippen LogP contribution in [0.1, 0.15) is 12.6 Å². The summed E-state index contributed by atoms with van der Waals surface area (Å²) in [7, 11) is 0. The van der Waals surface area contributed by atoms with Crippen LogP contribution in [-0.4, -0.2) is 9.97 Å². The zero-order valence-corrected chi connectivity index (χ0v) is 10.7. The summed E-state index contributed by atoms with van der Waals surface area (Å²) < 4.78 is 0. The molecule has 5 nitrogen and oxygen atoms in total. The van der Waals surface area contributed by atoms with Crippen LogP contribution in [0.5, 0.6) is 0 Å². The minimum atomic E-state index is 0.504. The molecule has 1 aromatic carbocycles. The Kier molecular flexibility index (Phi) is 3.96. The number of hydrogen-bond donors (Lipinski definition) is 3. The third-order valence-electron chi connectivity index (χ3n) is 2.39. The van der Waals surface area contributed by atoms with E-state index >= 15 is 0 Å². The predicted molar refractivity (Wildman–Crippen MR) is 74.0 cm³/mol. The van der Waals surface area contributed by atoms with Crippen LogP contribution in [0.3, 0.4) is 0 Å². The molecule has 0 saturated heterocycles. The molecule has 1 heterocycles. The summed E-state index contributed by atoms with van der Waals surface area (Å²) in [6.45, 7) is 2.02. The highest BCUT2D eigenvalue weighted by molar-refractivity contribution is 6.30. The first kappa shape index (κ1) is 12.6. The molecular weight excluding hydrogens is 250 g/mol. The Bertz CT molecular complexity index is 504. The van der Waals surface area contributed by atoms with Crippen molar-refractivity contribution in [2.45, 2.75) is 13.3 Å². The lowest BCUT2D eigenvalue weighted by Crippen LogP contribution is -2.11. The first-order valence-electron chi connectivity index (χ1n) is 5.58. The maximum Gasteiger partial charge on any atom is 0.229 e. The Morgan fingerprint density at radius 1 is 1.22 bits per heavy atom. The summed E-state index contributed by atoms with van der Waals surface area (Å²) in [5.41, 5.74) is 4.31. The van der Waals surface area contributed by atoms with Gasteiger partial charge in [-0.3, -0.25) is 0 Å². The number of aromatic nitrogens is 2. The first-order valence-corrected chi connectivity index (χ1v) is 5.96. The predicted octanol–water partition coefficient (Wildman–Crippen LogP) is 2.72. The number of benzene rings is 1. The zero-order valence-electron chi connectivity index (χ0n) is 9.94. The second-order valence-electron chi connectivity index (χ2n) is 3.70. The minimum Gasteiger partial charge on any atom is -0.324 e. The molecule has 0 saturated carbocycles. The summed E-state index contributed by atoms with van der Waals surface area (Å²) in [5.74, 6) is 6.46. The summed E-state index contributed by atoms with van der Waals surface area (Å²) >= 11 is 5.82. The van der Waals surface area contributed by atoms with Crippen LogP contribution in [0, 0.1) is 0 Å². The van der Waals surface area contributed by atoms with E-state index in [1.54, 1.807) is 12.1 Å². The van der Waals surface area contributed by atoms with Gasteiger partial charge in [-0.2, -0.15) is 4.98 Å². The fourth-order valence-corrected chi connectivity index (χ4v) is 1.60. The van der Waals surface area contributed by atoms with Gasteiger partial charge < -0.3 is 10.7 Å². The van der Waals surface area contributed by atoms with E-state index in [1.807, 2.05) is 25.1 Å². The smallest absolute Gasteiger partial charge is 0.229 e. The van der Waals surface area contributed by atoms with E-state index in [0.29, 0.717) is 16.8 Å². The quantitative estimate of drug-likeness (QED) is 0.584. The monoisotopic (exact) mass is 263 g/mol. The van der Waals surface area contributed by atoms with Crippen molar-refractivity contribution in [3.63, 3.8) is 0 Å². The van der Waals surface area contributed by atoms with Crippen LogP contribution in [-0.2, 0) is 6.42 Å². The minimum absolute atomic E-state index is 0.504. The Morgan fingerprint density at radius 2 is 1.94 bits per heavy atom. The molecule has 6 heteroatoms. The van der Waals surface area contributed by atoms with Crippen LogP contribution in [0.2, 0.25) is 5.02 Å². The SMILES string of the molecule is CCc1cc(NN)nc(Nc2ccc(Cl)cc2)n1. The molecule has 0 atom stereocenters. The number of halogens is 1. The third-order valence-corrected chi connectivity index (χ3v) is 2.64. The molecule has 18 heavy (non-hydrogen) atoms. The maximum absolute atomic E-state index is 5.82. The average molecular weight is 264 g/mol. The van der Waals surface area contributed by atoms with Crippen LogP contribution >= 0.6 is 11.6 Å². The molecule has 0 spiro atoms. The van der Waals surface area contributed by atoms with Crippen molar-refractivity contribution in [2.24, 2.45) is 5.84 Å². The van der Waals surface area contributed by atoms with Gasteiger partial charge in [0, 0.05) is 22.5 Å². The van der Waals surface area contributed by atoms with Gasteiger partial charge >= 0.3 is 0 Å². The van der Waals surface area contributed by atoms with Gasteiger partial charge in [-0.1, -0.05) is 18.5 Å². The zero-order chi connectivity index (χ0) is 13.0. The molecular formula is C12H14ClN5. The van der Waals surface area contributed by atoms with E-state index < -0.39 is 0 Å². The molecule has 2 aromatic rings. The molecule has 0 bridgehead atoms. The van der Waals surface area contributed by atoms with Gasteiger partial charge in [0.25, 0.3) is 0 Å². The van der Waals surface area contributed by atoms with Crippen LogP contribution in [0.25, 0.3) is 0 Å². The number of nitrogen functional groups attached to an aromatic ring is 1. The number of aryl methyl sites for hydroxylation is 1. The highest BCUT2D eigenvalue weighted by atomic mass is 35.5. The lowest BCUT2D eigenvalue weighted by Gasteiger charge is -2.08. The van der Waals surface area contributed by atoms with E-state index in [4.69, 9.17) is 17.4 Å². The van der Waals surface area contributed by atoms with Gasteiger partial charge in [-0.25, -0.2) is 10.8 Å². The molecule has 0 aliphatic rings. The number of hydrazine groups is 1. The Balaban J connectivity index is 2.25. The van der Waals surface area contributed by atoms with E-state index in [1.165, 1.54) is 0 Å². The highest BCUT2D eigenvalue weighted by Gasteiger charge is 2.03. The maximum atomic E-state index is 5.82. The molecule has 0 amide bonds. The first-order chi connectivity index (χ1) is 8.71. The van der Waals surface area contributed by atoms with E-state index in [9.17, 15) is 0 Å². The number of nitrogens with zero attached hydrogens (tertiary/aromatic N) is 2. The largest absolute Gasteiger partial charge is 0.324 e. The Morgan fingerprint density at radius 3 is 2.56 bits per heavy atom. The van der Waals surface area contributed by atoms with E-state index in [-0.39, 0.29) is 0 Å². The highest BCUT2D eigenvalue weighted by Crippen LogP contribution is 2.18. The van der Waals surface area contributed by atoms with Crippen LogP contribution in [0.15, 0.2) is 30.3 Å². The fraction of sp³-hybridized carbons (Fsp3) is 0.167. The van der Waals surface area contributed by atoms with Crippen molar-refractivity contribution in [3.05, 3.63) is 41.0 Å². The topological polar surface area (TPSA) is 75.9 Å². The standard InChI is InChI=1S/C12H14ClN5/c1-2-9-7-11(18-14)17-12(15-9)16-10-5-3-8(13)4-6-10/h3-7H,2,14H2,1H3,(H2,15,16,17,18).